The number of nitrogens with one attached hydrogen (secondary N) is 2. The number of para-hydroxylation sites is 1. The Hall–Kier alpha value is -4.69. The van der Waals surface area contributed by atoms with E-state index >= 15 is 0 Å². The van der Waals surface area contributed by atoms with Crippen LogP contribution in [0.4, 0.5) is 5.69 Å². The van der Waals surface area contributed by atoms with Crippen LogP contribution in [-0.4, -0.2) is 35.0 Å². The number of hydrogen-bond donors (Lipinski definition) is 5. The van der Waals surface area contributed by atoms with Crippen molar-refractivity contribution in [1.29, 1.82) is 5.41 Å². The van der Waals surface area contributed by atoms with Gasteiger partial charge in [0.05, 0.1) is 23.6 Å². The molecule has 176 valence electrons. The Bertz CT molecular complexity index is 1340. The fourth-order valence-electron chi connectivity index (χ4n) is 3.57. The number of amides is 1. The zero-order chi connectivity index (χ0) is 24.8. The number of benzene rings is 3. The lowest BCUT2D eigenvalue weighted by Gasteiger charge is -2.14. The molecule has 0 unspecified atom stereocenters. The quantitative estimate of drug-likeness (QED) is 0.197. The van der Waals surface area contributed by atoms with Crippen molar-refractivity contribution < 1.29 is 14.6 Å². The molecule has 4 rings (SSSR count). The molecule has 0 aliphatic carbocycles. The highest BCUT2D eigenvalue weighted by Crippen LogP contribution is 2.32. The van der Waals surface area contributed by atoms with Gasteiger partial charge in [0, 0.05) is 28.9 Å². The van der Waals surface area contributed by atoms with Gasteiger partial charge in [0.2, 0.25) is 0 Å². The molecule has 1 amide bonds. The van der Waals surface area contributed by atoms with Gasteiger partial charge < -0.3 is 26.6 Å². The van der Waals surface area contributed by atoms with Gasteiger partial charge in [0.25, 0.3) is 5.91 Å². The number of aliphatic hydroxyl groups excluding tert-OH is 1. The maximum atomic E-state index is 12.1. The molecule has 0 radical (unpaired) electrons. The first-order valence-electron chi connectivity index (χ1n) is 10.9. The Labute approximate surface area is 202 Å². The van der Waals surface area contributed by atoms with E-state index in [1.54, 1.807) is 30.3 Å². The van der Waals surface area contributed by atoms with E-state index in [1.165, 1.54) is 0 Å². The molecule has 0 saturated carbocycles. The molecule has 0 spiro atoms. The second-order valence-electron chi connectivity index (χ2n) is 7.73. The number of ether oxygens (including phenoxy) is 1. The zero-order valence-electron chi connectivity index (χ0n) is 18.9. The maximum absolute atomic E-state index is 12.1. The van der Waals surface area contributed by atoms with Crippen LogP contribution in [0.2, 0.25) is 0 Å². The zero-order valence-corrected chi connectivity index (χ0v) is 18.9. The van der Waals surface area contributed by atoms with Gasteiger partial charge in [-0.25, -0.2) is 4.98 Å². The molecule has 3 aromatic carbocycles. The fourth-order valence-corrected chi connectivity index (χ4v) is 3.57. The van der Waals surface area contributed by atoms with Crippen LogP contribution in [0.1, 0.15) is 15.9 Å². The van der Waals surface area contributed by atoms with Crippen LogP contribution in [0.5, 0.6) is 11.5 Å². The molecule has 8 nitrogen and oxygen atoms in total. The number of aliphatic hydroxyl groups is 1. The first kappa shape index (κ1) is 23.5. The van der Waals surface area contributed by atoms with Crippen molar-refractivity contribution >= 4 is 17.4 Å². The molecule has 1 aromatic heterocycles. The number of carbonyl (C=O) groups is 1. The smallest absolute Gasteiger partial charge is 0.251 e. The summed E-state index contributed by atoms with van der Waals surface area (Å²) in [4.78, 5) is 16.9. The summed E-state index contributed by atoms with van der Waals surface area (Å²) in [6, 6.07) is 25.3. The summed E-state index contributed by atoms with van der Waals surface area (Å²) < 4.78 is 5.86. The molecule has 8 heteroatoms. The Balaban J connectivity index is 1.66. The van der Waals surface area contributed by atoms with E-state index in [0.29, 0.717) is 34.0 Å². The highest BCUT2D eigenvalue weighted by Gasteiger charge is 2.17. The van der Waals surface area contributed by atoms with Crippen LogP contribution in [-0.2, 0) is 0 Å². The Morgan fingerprint density at radius 3 is 2.20 bits per heavy atom. The highest BCUT2D eigenvalue weighted by atomic mass is 16.5. The summed E-state index contributed by atoms with van der Waals surface area (Å²) in [5.41, 5.74) is 15.8. The summed E-state index contributed by atoms with van der Waals surface area (Å²) in [6.45, 7) is 0.0569. The van der Waals surface area contributed by atoms with Crippen molar-refractivity contribution in [2.45, 2.75) is 0 Å². The van der Waals surface area contributed by atoms with E-state index in [2.05, 4.69) is 5.32 Å². The van der Waals surface area contributed by atoms with Crippen molar-refractivity contribution in [1.82, 2.24) is 10.3 Å². The molecule has 0 aliphatic rings. The molecular formula is C27H25N5O3. The molecule has 4 aromatic rings. The number of rotatable bonds is 8. The van der Waals surface area contributed by atoms with Crippen LogP contribution in [0.15, 0.2) is 84.9 Å². The van der Waals surface area contributed by atoms with Crippen molar-refractivity contribution in [2.24, 2.45) is 5.73 Å². The number of aromatic nitrogens is 1. The predicted molar refractivity (Wildman–Crippen MR) is 136 cm³/mol. The number of carbonyl (C=O) groups excluding carboxylic acids is 1. The number of nitrogen functional groups attached to an aromatic ring is 2. The van der Waals surface area contributed by atoms with E-state index in [4.69, 9.17) is 31.7 Å². The van der Waals surface area contributed by atoms with Gasteiger partial charge in [-0.3, -0.25) is 10.2 Å². The van der Waals surface area contributed by atoms with Crippen molar-refractivity contribution in [3.05, 3.63) is 96.1 Å². The third kappa shape index (κ3) is 5.45. The number of hydrogen-bond acceptors (Lipinski definition) is 6. The first-order chi connectivity index (χ1) is 17.0. The molecule has 0 bridgehead atoms. The lowest BCUT2D eigenvalue weighted by Crippen LogP contribution is -2.26. The Kier molecular flexibility index (Phi) is 7.04. The maximum Gasteiger partial charge on any atom is 0.251 e. The van der Waals surface area contributed by atoms with Crippen LogP contribution < -0.4 is 21.5 Å². The average Bonchev–Trinajstić information content (AvgIpc) is 2.87. The van der Waals surface area contributed by atoms with Crippen LogP contribution in [0.25, 0.3) is 22.5 Å². The van der Waals surface area contributed by atoms with E-state index in [-0.39, 0.29) is 24.9 Å². The van der Waals surface area contributed by atoms with Gasteiger partial charge in [-0.2, -0.15) is 0 Å². The summed E-state index contributed by atoms with van der Waals surface area (Å²) in [5.74, 6) is 0.923. The van der Waals surface area contributed by atoms with E-state index in [1.807, 2.05) is 54.6 Å². The topological polar surface area (TPSA) is 147 Å². The van der Waals surface area contributed by atoms with E-state index in [0.717, 1.165) is 16.9 Å². The number of amidine groups is 1. The minimum Gasteiger partial charge on any atom is -0.457 e. The SMILES string of the molecule is N=C(N)c1c(N)cc(-c2ccc(C(=O)NCCO)cc2)nc1-c1ccc(Oc2ccccc2)cc1. The first-order valence-corrected chi connectivity index (χ1v) is 10.9. The van der Waals surface area contributed by atoms with Gasteiger partial charge in [-0.05, 0) is 54.6 Å². The number of nitrogens with two attached hydrogens (primary N) is 2. The lowest BCUT2D eigenvalue weighted by atomic mass is 10.00. The number of nitrogens with zero attached hydrogens (tertiary/aromatic N) is 1. The molecule has 35 heavy (non-hydrogen) atoms. The second kappa shape index (κ2) is 10.5. The normalized spacial score (nSPS) is 10.5. The van der Waals surface area contributed by atoms with Crippen LogP contribution in [0, 0.1) is 5.41 Å². The monoisotopic (exact) mass is 467 g/mol. The van der Waals surface area contributed by atoms with Crippen LogP contribution in [0.3, 0.4) is 0 Å². The average molecular weight is 468 g/mol. The van der Waals surface area contributed by atoms with Gasteiger partial charge in [-0.1, -0.05) is 30.3 Å². The summed E-state index contributed by atoms with van der Waals surface area (Å²) in [7, 11) is 0. The lowest BCUT2D eigenvalue weighted by molar-refractivity contribution is 0.0945. The Morgan fingerprint density at radius 1 is 0.943 bits per heavy atom. The Morgan fingerprint density at radius 2 is 1.57 bits per heavy atom. The van der Waals surface area contributed by atoms with E-state index in [9.17, 15) is 4.79 Å². The molecule has 7 N–H and O–H groups in total. The molecule has 0 atom stereocenters. The standard InChI is InChI=1S/C27H25N5O3/c28-22-16-23(17-6-8-19(9-7-17)27(34)31-14-15-33)32-25(24(22)26(29)30)18-10-12-21(13-11-18)35-20-4-2-1-3-5-20/h1-13,16,33H,14-15H2,(H2,28,32)(H3,29,30)(H,31,34). The third-order valence-electron chi connectivity index (χ3n) is 5.27. The molecule has 0 aliphatic heterocycles. The minimum atomic E-state index is -0.275. The van der Waals surface area contributed by atoms with Gasteiger partial charge in [-0.15, -0.1) is 0 Å². The summed E-state index contributed by atoms with van der Waals surface area (Å²) in [5, 5.41) is 19.5. The third-order valence-corrected chi connectivity index (χ3v) is 5.27. The van der Waals surface area contributed by atoms with E-state index < -0.39 is 0 Å². The largest absolute Gasteiger partial charge is 0.457 e. The minimum absolute atomic E-state index is 0.127. The molecule has 1 heterocycles. The van der Waals surface area contributed by atoms with Crippen molar-refractivity contribution in [3.63, 3.8) is 0 Å². The van der Waals surface area contributed by atoms with Gasteiger partial charge >= 0.3 is 0 Å². The fraction of sp³-hybridized carbons (Fsp3) is 0.0741. The van der Waals surface area contributed by atoms with Crippen molar-refractivity contribution in [3.8, 4) is 34.0 Å². The second-order valence-corrected chi connectivity index (χ2v) is 7.73. The predicted octanol–water partition coefficient (Wildman–Crippen LogP) is 3.80. The summed E-state index contributed by atoms with van der Waals surface area (Å²) >= 11 is 0. The van der Waals surface area contributed by atoms with Gasteiger partial charge in [0.15, 0.2) is 0 Å². The molecule has 0 fully saturated rings. The molecule has 0 saturated heterocycles. The van der Waals surface area contributed by atoms with Crippen molar-refractivity contribution in [2.75, 3.05) is 18.9 Å². The number of anilines is 1. The number of pyridine rings is 1. The summed E-state index contributed by atoms with van der Waals surface area (Å²) in [6.07, 6.45) is 0. The van der Waals surface area contributed by atoms with Gasteiger partial charge in [0.1, 0.15) is 17.3 Å². The molecular weight excluding hydrogens is 442 g/mol. The van der Waals surface area contributed by atoms with Crippen LogP contribution >= 0.6 is 0 Å². The highest BCUT2D eigenvalue weighted by molar-refractivity contribution is 6.06.